The number of aromatic nitrogens is 1. The van der Waals surface area contributed by atoms with E-state index < -0.39 is 0 Å². The van der Waals surface area contributed by atoms with Crippen molar-refractivity contribution in [3.05, 3.63) is 45.7 Å². The minimum atomic E-state index is 0.0474. The van der Waals surface area contributed by atoms with Gasteiger partial charge in [0.2, 0.25) is 0 Å². The average Bonchev–Trinajstić information content (AvgIpc) is 2.91. The van der Waals surface area contributed by atoms with Crippen molar-refractivity contribution in [2.75, 3.05) is 6.54 Å². The molecule has 2 heterocycles. The molecule has 3 rings (SSSR count). The molecule has 0 aliphatic carbocycles. The monoisotopic (exact) mass is 242 g/mol. The standard InChI is InChI=1S/C15H18N2O/c1-2-10-5-6-13-11(8-10)9-12(15(18)17-13)14-4-3-7-16-14/h5-6,8-9,14,16H,2-4,7H2,1H3,(H,17,18). The number of aryl methyl sites for hydroxylation is 1. The van der Waals surface area contributed by atoms with Crippen molar-refractivity contribution in [2.45, 2.75) is 32.2 Å². The van der Waals surface area contributed by atoms with E-state index in [1.165, 1.54) is 5.56 Å². The molecule has 1 aromatic carbocycles. The van der Waals surface area contributed by atoms with Gasteiger partial charge in [-0.05, 0) is 55.0 Å². The Labute approximate surface area is 106 Å². The summed E-state index contributed by atoms with van der Waals surface area (Å²) in [5.74, 6) is 0. The summed E-state index contributed by atoms with van der Waals surface area (Å²) in [6.07, 6.45) is 3.23. The largest absolute Gasteiger partial charge is 0.322 e. The van der Waals surface area contributed by atoms with Crippen molar-refractivity contribution in [3.8, 4) is 0 Å². The van der Waals surface area contributed by atoms with E-state index in [1.807, 2.05) is 6.07 Å². The molecule has 1 fully saturated rings. The molecular weight excluding hydrogens is 224 g/mol. The Bertz CT molecular complexity index is 624. The van der Waals surface area contributed by atoms with Crippen molar-refractivity contribution in [3.63, 3.8) is 0 Å². The molecule has 0 saturated carbocycles. The van der Waals surface area contributed by atoms with Gasteiger partial charge in [-0.15, -0.1) is 0 Å². The Morgan fingerprint density at radius 3 is 2.94 bits per heavy atom. The average molecular weight is 242 g/mol. The SMILES string of the molecule is CCc1ccc2[nH]c(=O)c(C3CCCN3)cc2c1. The minimum Gasteiger partial charge on any atom is -0.322 e. The second kappa shape index (κ2) is 4.58. The van der Waals surface area contributed by atoms with E-state index in [1.54, 1.807) is 0 Å². The zero-order chi connectivity index (χ0) is 12.5. The van der Waals surface area contributed by atoms with Gasteiger partial charge < -0.3 is 10.3 Å². The van der Waals surface area contributed by atoms with Gasteiger partial charge >= 0.3 is 0 Å². The quantitative estimate of drug-likeness (QED) is 0.850. The predicted molar refractivity (Wildman–Crippen MR) is 73.9 cm³/mol. The smallest absolute Gasteiger partial charge is 0.253 e. The van der Waals surface area contributed by atoms with Gasteiger partial charge in [-0.1, -0.05) is 13.0 Å². The van der Waals surface area contributed by atoms with E-state index in [2.05, 4.69) is 35.4 Å². The molecule has 3 nitrogen and oxygen atoms in total. The third kappa shape index (κ3) is 1.95. The van der Waals surface area contributed by atoms with Crippen molar-refractivity contribution >= 4 is 10.9 Å². The van der Waals surface area contributed by atoms with E-state index in [0.29, 0.717) is 0 Å². The van der Waals surface area contributed by atoms with Gasteiger partial charge in [-0.25, -0.2) is 0 Å². The summed E-state index contributed by atoms with van der Waals surface area (Å²) in [6, 6.07) is 8.52. The second-order valence-corrected chi connectivity index (χ2v) is 4.98. The lowest BCUT2D eigenvalue weighted by atomic mass is 10.0. The first-order valence-corrected chi connectivity index (χ1v) is 6.67. The number of aromatic amines is 1. The van der Waals surface area contributed by atoms with Crippen molar-refractivity contribution in [1.82, 2.24) is 10.3 Å². The van der Waals surface area contributed by atoms with Gasteiger partial charge in [0.15, 0.2) is 0 Å². The van der Waals surface area contributed by atoms with Gasteiger partial charge in [0.1, 0.15) is 0 Å². The second-order valence-electron chi connectivity index (χ2n) is 4.98. The highest BCUT2D eigenvalue weighted by molar-refractivity contribution is 5.79. The summed E-state index contributed by atoms with van der Waals surface area (Å²) < 4.78 is 0. The van der Waals surface area contributed by atoms with Crippen LogP contribution in [0.25, 0.3) is 10.9 Å². The summed E-state index contributed by atoms with van der Waals surface area (Å²) in [7, 11) is 0. The zero-order valence-electron chi connectivity index (χ0n) is 10.6. The van der Waals surface area contributed by atoms with Crippen LogP contribution in [0, 0.1) is 0 Å². The summed E-state index contributed by atoms with van der Waals surface area (Å²) in [5.41, 5.74) is 3.17. The van der Waals surface area contributed by atoms with E-state index in [-0.39, 0.29) is 11.6 Å². The van der Waals surface area contributed by atoms with Crippen LogP contribution in [0.15, 0.2) is 29.1 Å². The molecule has 0 spiro atoms. The summed E-state index contributed by atoms with van der Waals surface area (Å²) in [5, 5.41) is 4.52. The maximum atomic E-state index is 12.1. The summed E-state index contributed by atoms with van der Waals surface area (Å²) >= 11 is 0. The van der Waals surface area contributed by atoms with Crippen LogP contribution in [0.3, 0.4) is 0 Å². The highest BCUT2D eigenvalue weighted by atomic mass is 16.1. The fourth-order valence-corrected chi connectivity index (χ4v) is 2.70. The molecule has 1 aliphatic heterocycles. The van der Waals surface area contributed by atoms with Crippen LogP contribution < -0.4 is 10.9 Å². The third-order valence-corrected chi connectivity index (χ3v) is 3.78. The molecule has 18 heavy (non-hydrogen) atoms. The van der Waals surface area contributed by atoms with Crippen LogP contribution in [-0.4, -0.2) is 11.5 Å². The van der Waals surface area contributed by atoms with Crippen LogP contribution in [0.5, 0.6) is 0 Å². The van der Waals surface area contributed by atoms with Crippen molar-refractivity contribution < 1.29 is 0 Å². The third-order valence-electron chi connectivity index (χ3n) is 3.78. The highest BCUT2D eigenvalue weighted by Gasteiger charge is 2.19. The van der Waals surface area contributed by atoms with Crippen LogP contribution in [-0.2, 0) is 6.42 Å². The number of H-pyrrole nitrogens is 1. The van der Waals surface area contributed by atoms with E-state index >= 15 is 0 Å². The molecular formula is C15H18N2O. The number of hydrogen-bond donors (Lipinski definition) is 2. The number of pyridine rings is 1. The topological polar surface area (TPSA) is 44.9 Å². The molecule has 94 valence electrons. The van der Waals surface area contributed by atoms with Crippen LogP contribution in [0.2, 0.25) is 0 Å². The Kier molecular flexibility index (Phi) is 2.92. The van der Waals surface area contributed by atoms with Gasteiger partial charge in [-0.3, -0.25) is 4.79 Å². The minimum absolute atomic E-state index is 0.0474. The maximum Gasteiger partial charge on any atom is 0.253 e. The molecule has 1 atom stereocenters. The Morgan fingerprint density at radius 2 is 2.22 bits per heavy atom. The fraction of sp³-hybridized carbons (Fsp3) is 0.400. The molecule has 2 aromatic rings. The lowest BCUT2D eigenvalue weighted by Crippen LogP contribution is -2.22. The number of rotatable bonds is 2. The molecule has 1 aliphatic rings. The van der Waals surface area contributed by atoms with Gasteiger partial charge in [0.05, 0.1) is 0 Å². The van der Waals surface area contributed by atoms with Gasteiger partial charge in [0.25, 0.3) is 5.56 Å². The maximum absolute atomic E-state index is 12.1. The normalized spacial score (nSPS) is 19.5. The number of fused-ring (bicyclic) bond motifs is 1. The number of nitrogens with one attached hydrogen (secondary N) is 2. The van der Waals surface area contributed by atoms with Gasteiger partial charge in [0, 0.05) is 17.1 Å². The fourth-order valence-electron chi connectivity index (χ4n) is 2.70. The van der Waals surface area contributed by atoms with Crippen LogP contribution >= 0.6 is 0 Å². The van der Waals surface area contributed by atoms with E-state index in [4.69, 9.17) is 0 Å². The van der Waals surface area contributed by atoms with E-state index in [0.717, 1.165) is 42.3 Å². The number of hydrogen-bond acceptors (Lipinski definition) is 2. The molecule has 1 saturated heterocycles. The molecule has 1 aromatic heterocycles. The first-order valence-electron chi connectivity index (χ1n) is 6.67. The Hall–Kier alpha value is -1.61. The summed E-state index contributed by atoms with van der Waals surface area (Å²) in [6.45, 7) is 3.16. The van der Waals surface area contributed by atoms with Crippen LogP contribution in [0.4, 0.5) is 0 Å². The predicted octanol–water partition coefficient (Wildman–Crippen LogP) is 2.52. The lowest BCUT2D eigenvalue weighted by Gasteiger charge is -2.11. The molecule has 0 amide bonds. The molecule has 2 N–H and O–H groups in total. The lowest BCUT2D eigenvalue weighted by molar-refractivity contribution is 0.641. The molecule has 3 heteroatoms. The van der Waals surface area contributed by atoms with Crippen LogP contribution in [0.1, 0.15) is 36.9 Å². The molecule has 0 bridgehead atoms. The van der Waals surface area contributed by atoms with Crippen molar-refractivity contribution in [2.24, 2.45) is 0 Å². The molecule has 1 unspecified atom stereocenters. The van der Waals surface area contributed by atoms with Gasteiger partial charge in [-0.2, -0.15) is 0 Å². The Morgan fingerprint density at radius 1 is 1.33 bits per heavy atom. The molecule has 0 radical (unpaired) electrons. The highest BCUT2D eigenvalue weighted by Crippen LogP contribution is 2.23. The summed E-state index contributed by atoms with van der Waals surface area (Å²) in [4.78, 5) is 15.1. The number of benzene rings is 1. The first-order chi connectivity index (χ1) is 8.78. The first kappa shape index (κ1) is 11.5. The Balaban J connectivity index is 2.14. The zero-order valence-corrected chi connectivity index (χ0v) is 10.6. The van der Waals surface area contributed by atoms with Crippen molar-refractivity contribution in [1.29, 1.82) is 0 Å². The van der Waals surface area contributed by atoms with E-state index in [9.17, 15) is 4.79 Å².